The van der Waals surface area contributed by atoms with Crippen LogP contribution in [0.2, 0.25) is 5.02 Å². The minimum Gasteiger partial charge on any atom is -0.376 e. The minimum atomic E-state index is -3.45. The number of hydrogen-bond acceptors (Lipinski definition) is 4. The van der Waals surface area contributed by atoms with E-state index in [1.54, 1.807) is 12.1 Å². The van der Waals surface area contributed by atoms with Gasteiger partial charge < -0.3 is 10.6 Å². The van der Waals surface area contributed by atoms with Gasteiger partial charge in [-0.25, -0.2) is 12.8 Å². The summed E-state index contributed by atoms with van der Waals surface area (Å²) in [6, 6.07) is 10.2. The van der Waals surface area contributed by atoms with E-state index in [0.29, 0.717) is 24.5 Å². The molecule has 1 aliphatic rings. The summed E-state index contributed by atoms with van der Waals surface area (Å²) in [6.07, 6.45) is 1.76. The average molecular weight is 412 g/mol. The molecule has 9 heteroatoms. The Morgan fingerprint density at radius 2 is 1.70 bits per heavy atom. The first-order valence-electron chi connectivity index (χ1n) is 8.45. The third kappa shape index (κ3) is 4.77. The maximum Gasteiger partial charge on any atom is 0.243 e. The van der Waals surface area contributed by atoms with E-state index in [1.165, 1.54) is 34.6 Å². The first-order valence-corrected chi connectivity index (χ1v) is 10.3. The fourth-order valence-corrected chi connectivity index (χ4v) is 4.48. The predicted molar refractivity (Wildman–Crippen MR) is 103 cm³/mol. The Bertz CT molecular complexity index is 929. The summed E-state index contributed by atoms with van der Waals surface area (Å²) in [6.45, 7) is 1.07. The number of benzene rings is 2. The van der Waals surface area contributed by atoms with E-state index in [1.807, 2.05) is 0 Å². The zero-order valence-electron chi connectivity index (χ0n) is 14.4. The van der Waals surface area contributed by atoms with Crippen LogP contribution in [0.15, 0.2) is 47.4 Å². The maximum absolute atomic E-state index is 13.1. The Labute approximate surface area is 162 Å². The van der Waals surface area contributed by atoms with Gasteiger partial charge in [0.05, 0.1) is 16.5 Å². The lowest BCUT2D eigenvalue weighted by atomic mass is 10.3. The fraction of sp³-hybridized carbons (Fsp3) is 0.278. The monoisotopic (exact) mass is 411 g/mol. The number of carbonyl (C=O) groups excluding carboxylic acids is 1. The van der Waals surface area contributed by atoms with Crippen molar-refractivity contribution < 1.29 is 17.6 Å². The van der Waals surface area contributed by atoms with Crippen LogP contribution >= 0.6 is 11.6 Å². The third-order valence-electron chi connectivity index (χ3n) is 4.21. The Hall–Kier alpha value is -2.16. The number of amides is 1. The highest BCUT2D eigenvalue weighted by Gasteiger charge is 2.26. The number of rotatable bonds is 6. The van der Waals surface area contributed by atoms with E-state index in [-0.39, 0.29) is 22.4 Å². The number of carbonyl (C=O) groups is 1. The molecule has 0 saturated carbocycles. The van der Waals surface area contributed by atoms with Crippen LogP contribution in [0, 0.1) is 5.82 Å². The molecule has 0 bridgehead atoms. The lowest BCUT2D eigenvalue weighted by Gasteiger charge is -2.15. The van der Waals surface area contributed by atoms with Gasteiger partial charge in [0, 0.05) is 24.5 Å². The molecule has 0 aliphatic carbocycles. The van der Waals surface area contributed by atoms with Gasteiger partial charge in [-0.2, -0.15) is 4.31 Å². The molecule has 3 rings (SSSR count). The zero-order valence-corrected chi connectivity index (χ0v) is 16.0. The number of anilines is 2. The maximum atomic E-state index is 13.1. The van der Waals surface area contributed by atoms with Gasteiger partial charge in [0.1, 0.15) is 5.82 Å². The summed E-state index contributed by atoms with van der Waals surface area (Å²) in [5, 5.41) is 5.44. The lowest BCUT2D eigenvalue weighted by Crippen LogP contribution is -2.27. The Morgan fingerprint density at radius 1 is 1.07 bits per heavy atom. The smallest absolute Gasteiger partial charge is 0.243 e. The van der Waals surface area contributed by atoms with E-state index in [0.717, 1.165) is 12.8 Å². The van der Waals surface area contributed by atoms with Crippen molar-refractivity contribution in [2.75, 3.05) is 30.3 Å². The van der Waals surface area contributed by atoms with Crippen molar-refractivity contribution in [1.29, 1.82) is 0 Å². The van der Waals surface area contributed by atoms with E-state index in [4.69, 9.17) is 11.6 Å². The summed E-state index contributed by atoms with van der Waals surface area (Å²) in [4.78, 5) is 12.2. The van der Waals surface area contributed by atoms with Crippen LogP contribution in [0.1, 0.15) is 12.8 Å². The Kier molecular flexibility index (Phi) is 5.98. The molecule has 0 aromatic heterocycles. The summed E-state index contributed by atoms with van der Waals surface area (Å²) in [5.74, 6) is -0.900. The first kappa shape index (κ1) is 19.6. The van der Waals surface area contributed by atoms with Gasteiger partial charge in [0.2, 0.25) is 15.9 Å². The highest BCUT2D eigenvalue weighted by Crippen LogP contribution is 2.22. The lowest BCUT2D eigenvalue weighted by molar-refractivity contribution is -0.114. The van der Waals surface area contributed by atoms with Crippen LogP contribution in [0.5, 0.6) is 0 Å². The van der Waals surface area contributed by atoms with Gasteiger partial charge in [0.15, 0.2) is 0 Å². The summed E-state index contributed by atoms with van der Waals surface area (Å²) >= 11 is 5.67. The molecule has 1 fully saturated rings. The van der Waals surface area contributed by atoms with E-state index < -0.39 is 15.8 Å². The Morgan fingerprint density at radius 3 is 2.33 bits per heavy atom. The molecule has 0 spiro atoms. The molecular formula is C18H19ClFN3O3S. The van der Waals surface area contributed by atoms with Crippen molar-refractivity contribution >= 4 is 38.9 Å². The normalized spacial score (nSPS) is 14.9. The topological polar surface area (TPSA) is 78.5 Å². The first-order chi connectivity index (χ1) is 12.9. The average Bonchev–Trinajstić information content (AvgIpc) is 3.19. The van der Waals surface area contributed by atoms with Gasteiger partial charge in [-0.15, -0.1) is 0 Å². The van der Waals surface area contributed by atoms with Crippen LogP contribution in [0.3, 0.4) is 0 Å². The molecule has 2 aromatic rings. The van der Waals surface area contributed by atoms with Crippen molar-refractivity contribution in [3.8, 4) is 0 Å². The summed E-state index contributed by atoms with van der Waals surface area (Å²) in [5.41, 5.74) is 1.00. The molecular weight excluding hydrogens is 393 g/mol. The largest absolute Gasteiger partial charge is 0.376 e. The summed E-state index contributed by atoms with van der Waals surface area (Å²) < 4.78 is 39.5. The van der Waals surface area contributed by atoms with Gasteiger partial charge in [-0.3, -0.25) is 4.79 Å². The Balaban J connectivity index is 1.56. The van der Waals surface area contributed by atoms with Gasteiger partial charge >= 0.3 is 0 Å². The second-order valence-corrected chi connectivity index (χ2v) is 8.51. The third-order valence-corrected chi connectivity index (χ3v) is 6.42. The number of hydrogen-bond donors (Lipinski definition) is 2. The highest BCUT2D eigenvalue weighted by atomic mass is 35.5. The van der Waals surface area contributed by atoms with E-state index in [2.05, 4.69) is 10.6 Å². The molecule has 1 amide bonds. The number of nitrogens with zero attached hydrogens (tertiary/aromatic N) is 1. The second-order valence-electron chi connectivity index (χ2n) is 6.17. The molecule has 1 heterocycles. The quantitative estimate of drug-likeness (QED) is 0.764. The van der Waals surface area contributed by atoms with Crippen molar-refractivity contribution in [1.82, 2.24) is 4.31 Å². The van der Waals surface area contributed by atoms with Crippen molar-refractivity contribution in [2.45, 2.75) is 17.7 Å². The minimum absolute atomic E-state index is 0.0345. The fourth-order valence-electron chi connectivity index (χ4n) is 2.78. The zero-order chi connectivity index (χ0) is 19.4. The van der Waals surface area contributed by atoms with Crippen molar-refractivity contribution in [3.63, 3.8) is 0 Å². The van der Waals surface area contributed by atoms with Crippen LogP contribution < -0.4 is 10.6 Å². The predicted octanol–water partition coefficient (Wildman–Crippen LogP) is 3.31. The molecule has 1 saturated heterocycles. The molecule has 144 valence electrons. The molecule has 6 nitrogen and oxygen atoms in total. The van der Waals surface area contributed by atoms with Gasteiger partial charge in [0.25, 0.3) is 0 Å². The SMILES string of the molecule is O=C(CNc1ccc(S(=O)(=O)N2CCCC2)cc1)Nc1ccc(F)c(Cl)c1. The van der Waals surface area contributed by atoms with E-state index >= 15 is 0 Å². The van der Waals surface area contributed by atoms with E-state index in [9.17, 15) is 17.6 Å². The molecule has 2 N–H and O–H groups in total. The second kappa shape index (κ2) is 8.24. The van der Waals surface area contributed by atoms with Gasteiger partial charge in [-0.05, 0) is 55.3 Å². The van der Waals surface area contributed by atoms with Crippen LogP contribution in [-0.2, 0) is 14.8 Å². The number of nitrogens with one attached hydrogen (secondary N) is 2. The molecule has 27 heavy (non-hydrogen) atoms. The number of halogens is 2. The van der Waals surface area contributed by atoms with Crippen molar-refractivity contribution in [2.24, 2.45) is 0 Å². The molecule has 2 aromatic carbocycles. The molecule has 0 atom stereocenters. The van der Waals surface area contributed by atoms with Crippen molar-refractivity contribution in [3.05, 3.63) is 53.3 Å². The van der Waals surface area contributed by atoms with Gasteiger partial charge in [-0.1, -0.05) is 11.6 Å². The van der Waals surface area contributed by atoms with Crippen LogP contribution in [-0.4, -0.2) is 38.3 Å². The standard InChI is InChI=1S/C18H19ClFN3O3S/c19-16-11-14(5-8-17(16)20)22-18(24)12-21-13-3-6-15(7-4-13)27(25,26)23-9-1-2-10-23/h3-8,11,21H,1-2,9-10,12H2,(H,22,24). The molecule has 0 radical (unpaired) electrons. The summed E-state index contributed by atoms with van der Waals surface area (Å²) in [7, 11) is -3.45. The van der Waals surface area contributed by atoms with Crippen LogP contribution in [0.4, 0.5) is 15.8 Å². The molecule has 0 unspecified atom stereocenters. The molecule has 1 aliphatic heterocycles. The number of sulfonamides is 1. The highest BCUT2D eigenvalue weighted by molar-refractivity contribution is 7.89. The van der Waals surface area contributed by atoms with Crippen LogP contribution in [0.25, 0.3) is 0 Å².